The lowest BCUT2D eigenvalue weighted by atomic mass is 10.5. The molecule has 1 heterocycles. The Morgan fingerprint density at radius 2 is 2.27 bits per heavy atom. The quantitative estimate of drug-likeness (QED) is 0.755. The van der Waals surface area contributed by atoms with Crippen LogP contribution in [0.2, 0.25) is 0 Å². The molecule has 11 heavy (non-hydrogen) atoms. The minimum absolute atomic E-state index is 0.312. The number of halogens is 1. The fourth-order valence-corrected chi connectivity index (χ4v) is 1.68. The fraction of sp³-hybridized carbons (Fsp3) is 0.167. The Hall–Kier alpha value is -0.420. The Labute approximate surface area is 74.0 Å². The average Bonchev–Trinajstić information content (AvgIpc) is 1.86. The van der Waals surface area contributed by atoms with Gasteiger partial charge in [-0.25, -0.2) is 14.0 Å². The van der Waals surface area contributed by atoms with E-state index in [4.69, 9.17) is 4.78 Å². The third-order valence-electron chi connectivity index (χ3n) is 1.09. The van der Waals surface area contributed by atoms with Gasteiger partial charge in [-0.3, -0.25) is 0 Å². The van der Waals surface area contributed by atoms with Gasteiger partial charge in [0.1, 0.15) is 9.63 Å². The van der Waals surface area contributed by atoms with Crippen molar-refractivity contribution in [2.75, 3.05) is 6.26 Å². The van der Waals surface area contributed by atoms with Gasteiger partial charge in [0.15, 0.2) is 0 Å². The Kier molecular flexibility index (Phi) is 2.29. The van der Waals surface area contributed by atoms with E-state index in [0.717, 1.165) is 0 Å². The van der Waals surface area contributed by atoms with E-state index < -0.39 is 9.73 Å². The van der Waals surface area contributed by atoms with Crippen LogP contribution >= 0.6 is 15.9 Å². The van der Waals surface area contributed by atoms with Gasteiger partial charge in [-0.05, 0) is 28.1 Å². The summed E-state index contributed by atoms with van der Waals surface area (Å²) >= 11 is 3.13. The highest BCUT2D eigenvalue weighted by Crippen LogP contribution is 2.10. The molecule has 1 N–H and O–H groups in total. The van der Waals surface area contributed by atoms with E-state index >= 15 is 0 Å². The summed E-state index contributed by atoms with van der Waals surface area (Å²) in [6.45, 7) is 0. The summed E-state index contributed by atoms with van der Waals surface area (Å²) in [5.74, 6) is 0. The standard InChI is InChI=1S/C6H7BrN2OS/c1-11(8,10)6-4-2-3-5(7)9-6/h2-4,8H,1H3. The molecule has 1 atom stereocenters. The molecule has 0 bridgehead atoms. The highest BCUT2D eigenvalue weighted by molar-refractivity contribution is 9.10. The van der Waals surface area contributed by atoms with Crippen molar-refractivity contribution in [2.24, 2.45) is 0 Å². The molecule has 1 aromatic heterocycles. The van der Waals surface area contributed by atoms with Crippen molar-refractivity contribution in [3.05, 3.63) is 22.8 Å². The summed E-state index contributed by atoms with van der Waals surface area (Å²) in [5, 5.41) is 0.312. The number of pyridine rings is 1. The summed E-state index contributed by atoms with van der Waals surface area (Å²) in [7, 11) is -2.67. The first-order valence-electron chi connectivity index (χ1n) is 2.86. The van der Waals surface area contributed by atoms with Crippen molar-refractivity contribution in [3.63, 3.8) is 0 Å². The van der Waals surface area contributed by atoms with Crippen LogP contribution in [0.25, 0.3) is 0 Å². The first kappa shape index (κ1) is 8.67. The molecule has 1 rings (SSSR count). The lowest BCUT2D eigenvalue weighted by Crippen LogP contribution is -1.97. The molecule has 5 heteroatoms. The zero-order valence-electron chi connectivity index (χ0n) is 5.87. The fourth-order valence-electron chi connectivity index (χ4n) is 0.607. The maximum atomic E-state index is 11.1. The average molecular weight is 235 g/mol. The Morgan fingerprint density at radius 3 is 2.64 bits per heavy atom. The molecule has 0 spiro atoms. The molecule has 0 saturated heterocycles. The molecule has 0 aliphatic carbocycles. The third-order valence-corrected chi connectivity index (χ3v) is 2.56. The second kappa shape index (κ2) is 2.91. The molecule has 60 valence electrons. The predicted molar refractivity (Wildman–Crippen MR) is 47.0 cm³/mol. The Morgan fingerprint density at radius 1 is 1.64 bits per heavy atom. The van der Waals surface area contributed by atoms with E-state index in [1.54, 1.807) is 18.2 Å². The van der Waals surface area contributed by atoms with E-state index in [-0.39, 0.29) is 0 Å². The molecule has 0 aromatic carbocycles. The van der Waals surface area contributed by atoms with E-state index in [1.165, 1.54) is 6.26 Å². The van der Waals surface area contributed by atoms with Crippen molar-refractivity contribution in [2.45, 2.75) is 5.03 Å². The summed E-state index contributed by atoms with van der Waals surface area (Å²) in [4.78, 5) is 3.90. The molecule has 0 fully saturated rings. The Balaban J connectivity index is 3.28. The molecule has 1 unspecified atom stereocenters. The van der Waals surface area contributed by atoms with Crippen LogP contribution in [-0.4, -0.2) is 15.4 Å². The smallest absolute Gasteiger partial charge is 0.136 e. The predicted octanol–water partition coefficient (Wildman–Crippen LogP) is 1.88. The van der Waals surface area contributed by atoms with Gasteiger partial charge in [0.2, 0.25) is 0 Å². The van der Waals surface area contributed by atoms with Gasteiger partial charge in [0.25, 0.3) is 0 Å². The minimum atomic E-state index is -2.67. The van der Waals surface area contributed by atoms with Crippen LogP contribution < -0.4 is 0 Å². The van der Waals surface area contributed by atoms with E-state index in [0.29, 0.717) is 9.63 Å². The zero-order chi connectivity index (χ0) is 8.48. The van der Waals surface area contributed by atoms with Gasteiger partial charge in [0, 0.05) is 6.26 Å². The number of rotatable bonds is 1. The van der Waals surface area contributed by atoms with E-state index in [9.17, 15) is 4.21 Å². The molecule has 0 aliphatic heterocycles. The van der Waals surface area contributed by atoms with Crippen molar-refractivity contribution in [3.8, 4) is 0 Å². The van der Waals surface area contributed by atoms with Crippen LogP contribution in [-0.2, 0) is 9.73 Å². The van der Waals surface area contributed by atoms with Crippen molar-refractivity contribution < 1.29 is 4.21 Å². The maximum Gasteiger partial charge on any atom is 0.136 e. The highest BCUT2D eigenvalue weighted by Gasteiger charge is 2.03. The molecule has 0 amide bonds. The number of nitrogens with zero attached hydrogens (tertiary/aromatic N) is 1. The SMILES string of the molecule is CS(=N)(=O)c1cccc(Br)n1. The lowest BCUT2D eigenvalue weighted by molar-refractivity contribution is 0.675. The first-order valence-corrected chi connectivity index (χ1v) is 5.62. The number of aromatic nitrogens is 1. The van der Waals surface area contributed by atoms with Crippen LogP contribution in [0.1, 0.15) is 0 Å². The lowest BCUT2D eigenvalue weighted by Gasteiger charge is -1.98. The largest absolute Gasteiger partial charge is 0.248 e. The van der Waals surface area contributed by atoms with Gasteiger partial charge in [-0.2, -0.15) is 0 Å². The molecule has 0 aliphatic rings. The van der Waals surface area contributed by atoms with Gasteiger partial charge < -0.3 is 0 Å². The first-order chi connectivity index (χ1) is 5.00. The van der Waals surface area contributed by atoms with Crippen LogP contribution in [0.4, 0.5) is 0 Å². The highest BCUT2D eigenvalue weighted by atomic mass is 79.9. The zero-order valence-corrected chi connectivity index (χ0v) is 8.28. The Bertz CT molecular complexity index is 361. The summed E-state index contributed by atoms with van der Waals surface area (Å²) < 4.78 is 18.9. The number of hydrogen-bond donors (Lipinski definition) is 1. The summed E-state index contributed by atoms with van der Waals surface area (Å²) in [6, 6.07) is 5.03. The monoisotopic (exact) mass is 234 g/mol. The topological polar surface area (TPSA) is 53.8 Å². The third kappa shape index (κ3) is 2.27. The molecular formula is C6H7BrN2OS. The molecule has 3 nitrogen and oxygen atoms in total. The normalized spacial score (nSPS) is 15.8. The van der Waals surface area contributed by atoms with Crippen LogP contribution in [0, 0.1) is 4.78 Å². The van der Waals surface area contributed by atoms with Gasteiger partial charge in [-0.1, -0.05) is 6.07 Å². The van der Waals surface area contributed by atoms with Crippen LogP contribution in [0.15, 0.2) is 27.8 Å². The summed E-state index contributed by atoms with van der Waals surface area (Å²) in [5.41, 5.74) is 0. The van der Waals surface area contributed by atoms with Gasteiger partial charge >= 0.3 is 0 Å². The molecule has 1 aromatic rings. The second-order valence-corrected chi connectivity index (χ2v) is 5.06. The van der Waals surface area contributed by atoms with Gasteiger partial charge in [-0.15, -0.1) is 0 Å². The number of hydrogen-bond acceptors (Lipinski definition) is 3. The minimum Gasteiger partial charge on any atom is -0.248 e. The van der Waals surface area contributed by atoms with Gasteiger partial charge in [0.05, 0.1) is 9.73 Å². The molecule has 0 radical (unpaired) electrons. The van der Waals surface area contributed by atoms with Crippen LogP contribution in [0.5, 0.6) is 0 Å². The summed E-state index contributed by atoms with van der Waals surface area (Å²) in [6.07, 6.45) is 1.35. The van der Waals surface area contributed by atoms with Crippen LogP contribution in [0.3, 0.4) is 0 Å². The second-order valence-electron chi connectivity index (χ2n) is 2.14. The molecule has 0 saturated carbocycles. The van der Waals surface area contributed by atoms with Crippen molar-refractivity contribution in [1.29, 1.82) is 4.78 Å². The maximum absolute atomic E-state index is 11.1. The van der Waals surface area contributed by atoms with E-state index in [2.05, 4.69) is 20.9 Å². The van der Waals surface area contributed by atoms with E-state index in [1.807, 2.05) is 0 Å². The van der Waals surface area contributed by atoms with Crippen molar-refractivity contribution >= 4 is 25.7 Å². The molecular weight excluding hydrogens is 228 g/mol. The number of nitrogens with one attached hydrogen (secondary N) is 1. The van der Waals surface area contributed by atoms with Crippen molar-refractivity contribution in [1.82, 2.24) is 4.98 Å².